The number of nitrogens with one attached hydrogen (secondary N) is 1. The van der Waals surface area contributed by atoms with Gasteiger partial charge in [-0.3, -0.25) is 4.79 Å². The Morgan fingerprint density at radius 3 is 2.60 bits per heavy atom. The van der Waals surface area contributed by atoms with E-state index >= 15 is 0 Å². The highest BCUT2D eigenvalue weighted by atomic mass is 16.4. The second-order valence-corrected chi connectivity index (χ2v) is 5.21. The van der Waals surface area contributed by atoms with Crippen LogP contribution in [0.5, 0.6) is 0 Å². The number of hydrogen-bond acceptors (Lipinski definition) is 2. The van der Waals surface area contributed by atoms with Gasteiger partial charge in [0.1, 0.15) is 6.04 Å². The third-order valence-electron chi connectivity index (χ3n) is 3.34. The van der Waals surface area contributed by atoms with Crippen molar-refractivity contribution < 1.29 is 14.7 Å². The number of carbonyl (C=O) groups excluding carboxylic acids is 1. The van der Waals surface area contributed by atoms with Crippen molar-refractivity contribution in [3.63, 3.8) is 0 Å². The van der Waals surface area contributed by atoms with Crippen molar-refractivity contribution in [1.82, 2.24) is 5.32 Å². The zero-order valence-corrected chi connectivity index (χ0v) is 12.4. The van der Waals surface area contributed by atoms with Crippen LogP contribution in [0.2, 0.25) is 0 Å². The smallest absolute Gasteiger partial charge is 0.326 e. The van der Waals surface area contributed by atoms with E-state index in [-0.39, 0.29) is 12.3 Å². The van der Waals surface area contributed by atoms with Crippen molar-refractivity contribution >= 4 is 11.9 Å². The molecule has 0 fully saturated rings. The molecule has 20 heavy (non-hydrogen) atoms. The lowest BCUT2D eigenvalue weighted by molar-refractivity contribution is -0.142. The number of unbranched alkanes of at least 4 members (excludes halogenated alkanes) is 1. The van der Waals surface area contributed by atoms with Gasteiger partial charge in [0, 0.05) is 0 Å². The van der Waals surface area contributed by atoms with Crippen LogP contribution in [-0.2, 0) is 16.0 Å². The Labute approximate surface area is 120 Å². The summed E-state index contributed by atoms with van der Waals surface area (Å²) in [5, 5.41) is 11.7. The standard InChI is InChI=1S/C16H23NO3/c1-4-5-6-14(16(19)20)17-15(18)10-13-9-11(2)7-8-12(13)3/h7-9,14H,4-6,10H2,1-3H3,(H,17,18)(H,19,20). The molecule has 0 aliphatic rings. The van der Waals surface area contributed by atoms with E-state index in [2.05, 4.69) is 5.32 Å². The molecule has 2 N–H and O–H groups in total. The van der Waals surface area contributed by atoms with Gasteiger partial charge in [-0.2, -0.15) is 0 Å². The lowest BCUT2D eigenvalue weighted by Crippen LogP contribution is -2.41. The number of carbonyl (C=O) groups is 2. The molecular formula is C16H23NO3. The van der Waals surface area contributed by atoms with E-state index in [9.17, 15) is 9.59 Å². The molecule has 4 heteroatoms. The van der Waals surface area contributed by atoms with Gasteiger partial charge >= 0.3 is 5.97 Å². The molecule has 1 aromatic rings. The van der Waals surface area contributed by atoms with E-state index in [4.69, 9.17) is 5.11 Å². The zero-order chi connectivity index (χ0) is 15.1. The average Bonchev–Trinajstić information content (AvgIpc) is 2.38. The summed E-state index contributed by atoms with van der Waals surface area (Å²) >= 11 is 0. The summed E-state index contributed by atoms with van der Waals surface area (Å²) in [5.41, 5.74) is 3.09. The fraction of sp³-hybridized carbons (Fsp3) is 0.500. The van der Waals surface area contributed by atoms with Crippen LogP contribution in [-0.4, -0.2) is 23.0 Å². The lowest BCUT2D eigenvalue weighted by Gasteiger charge is -2.15. The van der Waals surface area contributed by atoms with Crippen LogP contribution >= 0.6 is 0 Å². The van der Waals surface area contributed by atoms with Gasteiger partial charge in [-0.05, 0) is 31.4 Å². The van der Waals surface area contributed by atoms with Crippen molar-refractivity contribution in [3.05, 3.63) is 34.9 Å². The predicted octanol–water partition coefficient (Wildman–Crippen LogP) is 2.61. The number of aliphatic carboxylic acids is 1. The molecule has 110 valence electrons. The highest BCUT2D eigenvalue weighted by Crippen LogP contribution is 2.11. The summed E-state index contributed by atoms with van der Waals surface area (Å²) in [7, 11) is 0. The van der Waals surface area contributed by atoms with Gasteiger partial charge in [-0.15, -0.1) is 0 Å². The van der Waals surface area contributed by atoms with E-state index in [1.54, 1.807) is 0 Å². The Kier molecular flexibility index (Phi) is 6.22. The normalized spacial score (nSPS) is 11.9. The first-order valence-electron chi connectivity index (χ1n) is 7.02. The minimum atomic E-state index is -0.965. The van der Waals surface area contributed by atoms with Crippen LogP contribution in [0.25, 0.3) is 0 Å². The van der Waals surface area contributed by atoms with Crippen LogP contribution in [0.1, 0.15) is 42.9 Å². The highest BCUT2D eigenvalue weighted by Gasteiger charge is 2.19. The summed E-state index contributed by atoms with van der Waals surface area (Å²) in [6.07, 6.45) is 2.41. The average molecular weight is 277 g/mol. The quantitative estimate of drug-likeness (QED) is 0.805. The largest absolute Gasteiger partial charge is 0.480 e. The van der Waals surface area contributed by atoms with E-state index in [0.717, 1.165) is 29.5 Å². The van der Waals surface area contributed by atoms with E-state index in [1.165, 1.54) is 0 Å². The molecule has 0 spiro atoms. The molecular weight excluding hydrogens is 254 g/mol. The van der Waals surface area contributed by atoms with Crippen LogP contribution in [0.3, 0.4) is 0 Å². The van der Waals surface area contributed by atoms with Crippen molar-refractivity contribution in [3.8, 4) is 0 Å². The van der Waals surface area contributed by atoms with Gasteiger partial charge < -0.3 is 10.4 Å². The minimum absolute atomic E-state index is 0.226. The Morgan fingerprint density at radius 2 is 2.00 bits per heavy atom. The summed E-state index contributed by atoms with van der Waals surface area (Å²) in [4.78, 5) is 23.1. The zero-order valence-electron chi connectivity index (χ0n) is 12.4. The highest BCUT2D eigenvalue weighted by molar-refractivity contribution is 5.85. The number of hydrogen-bond donors (Lipinski definition) is 2. The van der Waals surface area contributed by atoms with Gasteiger partial charge in [-0.25, -0.2) is 4.79 Å². The minimum Gasteiger partial charge on any atom is -0.480 e. The van der Waals surface area contributed by atoms with E-state index in [0.29, 0.717) is 6.42 Å². The van der Waals surface area contributed by atoms with Crippen LogP contribution < -0.4 is 5.32 Å². The molecule has 4 nitrogen and oxygen atoms in total. The van der Waals surface area contributed by atoms with Crippen molar-refractivity contribution in [1.29, 1.82) is 0 Å². The Morgan fingerprint density at radius 1 is 1.30 bits per heavy atom. The van der Waals surface area contributed by atoms with Crippen LogP contribution in [0, 0.1) is 13.8 Å². The number of aryl methyl sites for hydroxylation is 2. The van der Waals surface area contributed by atoms with Crippen LogP contribution in [0.4, 0.5) is 0 Å². The summed E-state index contributed by atoms with van der Waals surface area (Å²) < 4.78 is 0. The number of carboxylic acid groups (broad SMARTS) is 1. The molecule has 0 heterocycles. The Balaban J connectivity index is 2.65. The third-order valence-corrected chi connectivity index (χ3v) is 3.34. The van der Waals surface area contributed by atoms with Gasteiger partial charge in [0.15, 0.2) is 0 Å². The molecule has 1 rings (SSSR count). The summed E-state index contributed by atoms with van der Waals surface area (Å²) in [6, 6.07) is 5.16. The summed E-state index contributed by atoms with van der Waals surface area (Å²) in [5.74, 6) is -1.20. The van der Waals surface area contributed by atoms with Crippen molar-refractivity contribution in [2.45, 2.75) is 52.5 Å². The Hall–Kier alpha value is -1.84. The molecule has 0 aromatic heterocycles. The maximum Gasteiger partial charge on any atom is 0.326 e. The van der Waals surface area contributed by atoms with Gasteiger partial charge in [-0.1, -0.05) is 43.5 Å². The van der Waals surface area contributed by atoms with Gasteiger partial charge in [0.2, 0.25) is 5.91 Å². The maximum absolute atomic E-state index is 12.0. The monoisotopic (exact) mass is 277 g/mol. The lowest BCUT2D eigenvalue weighted by atomic mass is 10.0. The predicted molar refractivity (Wildman–Crippen MR) is 78.7 cm³/mol. The first-order chi connectivity index (χ1) is 9.43. The third kappa shape index (κ3) is 5.03. The first-order valence-corrected chi connectivity index (χ1v) is 7.02. The molecule has 1 unspecified atom stereocenters. The van der Waals surface area contributed by atoms with Crippen LogP contribution in [0.15, 0.2) is 18.2 Å². The van der Waals surface area contributed by atoms with E-state index in [1.807, 2.05) is 39.0 Å². The molecule has 0 bridgehead atoms. The second kappa shape index (κ2) is 7.68. The Bertz CT molecular complexity index is 483. The van der Waals surface area contributed by atoms with E-state index < -0.39 is 12.0 Å². The number of carboxylic acids is 1. The van der Waals surface area contributed by atoms with Crippen molar-refractivity contribution in [2.24, 2.45) is 0 Å². The molecule has 0 radical (unpaired) electrons. The maximum atomic E-state index is 12.0. The molecule has 0 aliphatic carbocycles. The molecule has 0 saturated heterocycles. The number of rotatable bonds is 7. The molecule has 1 aromatic carbocycles. The molecule has 0 saturated carbocycles. The molecule has 1 atom stereocenters. The van der Waals surface area contributed by atoms with Gasteiger partial charge in [0.25, 0.3) is 0 Å². The topological polar surface area (TPSA) is 66.4 Å². The fourth-order valence-electron chi connectivity index (χ4n) is 2.07. The fourth-order valence-corrected chi connectivity index (χ4v) is 2.07. The molecule has 1 amide bonds. The number of benzene rings is 1. The SMILES string of the molecule is CCCCC(NC(=O)Cc1cc(C)ccc1C)C(=O)O. The molecule has 0 aliphatic heterocycles. The first kappa shape index (κ1) is 16.2. The van der Waals surface area contributed by atoms with Crippen molar-refractivity contribution in [2.75, 3.05) is 0 Å². The van der Waals surface area contributed by atoms with Gasteiger partial charge in [0.05, 0.1) is 6.42 Å². The number of amides is 1. The summed E-state index contributed by atoms with van der Waals surface area (Å²) in [6.45, 7) is 5.92. The second-order valence-electron chi connectivity index (χ2n) is 5.21.